The predicted molar refractivity (Wildman–Crippen MR) is 325 cm³/mol. The molecule has 0 aromatic carbocycles. The molecule has 0 fully saturated rings. The van der Waals surface area contributed by atoms with Crippen LogP contribution in [0, 0.1) is 0 Å². The topological polar surface area (TPSA) is 108 Å². The number of ether oxygens (including phenoxy) is 2. The number of likely N-dealkylation sites (N-methyl/N-ethyl adjacent to an activating group) is 1. The summed E-state index contributed by atoms with van der Waals surface area (Å²) in [6.07, 6.45) is 83.3. The zero-order chi connectivity index (χ0) is 55.6. The Labute approximate surface area is 465 Å². The number of unbranched alkanes of at least 4 members (excludes halogenated alkanes) is 11. The second-order valence-corrected chi connectivity index (χ2v) is 21.4. The van der Waals surface area contributed by atoms with E-state index in [4.69, 9.17) is 18.5 Å². The molecule has 0 saturated heterocycles. The highest BCUT2D eigenvalue weighted by atomic mass is 31.2. The van der Waals surface area contributed by atoms with Crippen LogP contribution < -0.4 is 0 Å². The van der Waals surface area contributed by atoms with Crippen LogP contribution in [0.15, 0.2) is 158 Å². The fraction of sp³-hybridized carbons (Fsp3) is 0.576. The van der Waals surface area contributed by atoms with Crippen molar-refractivity contribution in [3.8, 4) is 0 Å². The Balaban J connectivity index is 4.25. The molecule has 2 unspecified atom stereocenters. The number of carbonyl (C=O) groups is 2. The number of rotatable bonds is 51. The third kappa shape index (κ3) is 58.9. The first kappa shape index (κ1) is 71.6. The van der Waals surface area contributed by atoms with Crippen molar-refractivity contribution in [2.24, 2.45) is 0 Å². The summed E-state index contributed by atoms with van der Waals surface area (Å²) in [7, 11) is 1.41. The van der Waals surface area contributed by atoms with Gasteiger partial charge in [0, 0.05) is 12.8 Å². The van der Waals surface area contributed by atoms with E-state index >= 15 is 0 Å². The summed E-state index contributed by atoms with van der Waals surface area (Å²) in [5, 5.41) is 0. The first-order chi connectivity index (χ1) is 37.0. The number of hydrogen-bond acceptors (Lipinski definition) is 7. The number of allylic oxidation sites excluding steroid dienone is 26. The third-order valence-electron chi connectivity index (χ3n) is 11.6. The van der Waals surface area contributed by atoms with Gasteiger partial charge in [0.25, 0.3) is 0 Å². The van der Waals surface area contributed by atoms with Crippen LogP contribution >= 0.6 is 7.82 Å². The summed E-state index contributed by atoms with van der Waals surface area (Å²) in [6, 6.07) is 0. The molecule has 0 radical (unpaired) electrons. The Kier molecular flexibility index (Phi) is 52.2. The zero-order valence-corrected chi connectivity index (χ0v) is 49.3. The van der Waals surface area contributed by atoms with Gasteiger partial charge in [0.1, 0.15) is 19.8 Å². The number of quaternary nitrogens is 1. The molecule has 76 heavy (non-hydrogen) atoms. The van der Waals surface area contributed by atoms with Gasteiger partial charge >= 0.3 is 19.8 Å². The van der Waals surface area contributed by atoms with E-state index in [2.05, 4.69) is 160 Å². The average Bonchev–Trinajstić information content (AvgIpc) is 3.38. The number of phosphoric acid groups is 1. The van der Waals surface area contributed by atoms with Gasteiger partial charge in [-0.15, -0.1) is 0 Å². The molecular formula is C66H107NO8P+. The molecule has 0 aromatic heterocycles. The van der Waals surface area contributed by atoms with Gasteiger partial charge in [-0.1, -0.05) is 230 Å². The molecule has 0 bridgehead atoms. The van der Waals surface area contributed by atoms with E-state index in [1.165, 1.54) is 44.9 Å². The number of carbonyl (C=O) groups excluding carboxylic acids is 2. The average molecular weight is 1070 g/mol. The summed E-state index contributed by atoms with van der Waals surface area (Å²) in [5.41, 5.74) is 0. The van der Waals surface area contributed by atoms with E-state index in [0.717, 1.165) is 109 Å². The van der Waals surface area contributed by atoms with Crippen LogP contribution in [0.25, 0.3) is 0 Å². The highest BCUT2D eigenvalue weighted by Crippen LogP contribution is 2.43. The Morgan fingerprint density at radius 2 is 0.737 bits per heavy atom. The molecule has 0 aliphatic carbocycles. The minimum Gasteiger partial charge on any atom is -0.462 e. The van der Waals surface area contributed by atoms with Gasteiger partial charge in [-0.3, -0.25) is 18.6 Å². The number of hydrogen-bond donors (Lipinski definition) is 1. The maximum absolute atomic E-state index is 12.8. The second kappa shape index (κ2) is 55.4. The minimum atomic E-state index is -4.41. The van der Waals surface area contributed by atoms with Gasteiger partial charge in [-0.2, -0.15) is 0 Å². The molecule has 2 atom stereocenters. The maximum atomic E-state index is 12.8. The number of nitrogens with zero attached hydrogens (tertiary/aromatic N) is 1. The van der Waals surface area contributed by atoms with Crippen LogP contribution in [-0.4, -0.2) is 74.9 Å². The maximum Gasteiger partial charge on any atom is 0.472 e. The summed E-state index contributed by atoms with van der Waals surface area (Å²) in [4.78, 5) is 35.6. The first-order valence-electron chi connectivity index (χ1n) is 29.2. The standard InChI is InChI=1S/C66H106NO8P/c1-6-8-10-12-14-16-18-20-22-24-26-27-28-29-30-31-32-33-34-35-36-37-38-39-41-43-45-47-49-51-53-55-57-59-66(69)75-64(63-74-76(70,71)73-61-60-67(3,4)5)62-72-65(68)58-56-54-52-50-48-46-44-42-40-25-23-21-19-17-15-13-11-9-7-2/h8-11,14-17,20-23,26-27,29-30,32-33,35-36,40,42,46,48,52,54,64H,6-7,12-13,18-19,24-25,28,31,34,37-39,41,43-45,47,49-51,53,55-63H2,1-5H3/p+1/b10-8-,11-9-,16-14-,17-15-,22-20-,23-21-,27-26-,30-29-,33-32-,36-35-,42-40-,48-46-,54-52-. The Hall–Kier alpha value is -4.37. The van der Waals surface area contributed by atoms with E-state index in [0.29, 0.717) is 23.9 Å². The fourth-order valence-corrected chi connectivity index (χ4v) is 7.88. The molecule has 9 nitrogen and oxygen atoms in total. The van der Waals surface area contributed by atoms with Crippen molar-refractivity contribution in [3.63, 3.8) is 0 Å². The van der Waals surface area contributed by atoms with Crippen LogP contribution in [0.4, 0.5) is 0 Å². The van der Waals surface area contributed by atoms with Crippen LogP contribution in [0.5, 0.6) is 0 Å². The largest absolute Gasteiger partial charge is 0.472 e. The molecule has 428 valence electrons. The Bertz CT molecular complexity index is 1840. The molecule has 1 N–H and O–H groups in total. The number of phosphoric ester groups is 1. The van der Waals surface area contributed by atoms with Crippen LogP contribution in [-0.2, 0) is 32.7 Å². The SMILES string of the molecule is CC/C=C\C/C=C\C/C=C\C/C=C\C/C=C\C/C=C\C/C=C\CCCCCCCCCCCCCC(=O)OC(COC(=O)CC/C=C\C/C=C\C/C=C\C/C=C\C/C=C\C/C=C\CC)COP(=O)(O)OCC[N+](C)(C)C. The molecular weight excluding hydrogens is 966 g/mol. The quantitative estimate of drug-likeness (QED) is 0.0211. The van der Waals surface area contributed by atoms with E-state index in [1.54, 1.807) is 0 Å². The van der Waals surface area contributed by atoms with Crippen LogP contribution in [0.1, 0.15) is 194 Å². The monoisotopic (exact) mass is 1070 g/mol. The molecule has 0 spiro atoms. The molecule has 10 heteroatoms. The zero-order valence-electron chi connectivity index (χ0n) is 48.4. The first-order valence-corrected chi connectivity index (χ1v) is 30.7. The fourth-order valence-electron chi connectivity index (χ4n) is 7.14. The van der Waals surface area contributed by atoms with Crippen molar-refractivity contribution in [2.75, 3.05) is 47.5 Å². The molecule has 0 heterocycles. The summed E-state index contributed by atoms with van der Waals surface area (Å²) < 4.78 is 34.4. The van der Waals surface area contributed by atoms with Crippen molar-refractivity contribution in [2.45, 2.75) is 200 Å². The van der Waals surface area contributed by atoms with Crippen molar-refractivity contribution >= 4 is 19.8 Å². The highest BCUT2D eigenvalue weighted by molar-refractivity contribution is 7.47. The lowest BCUT2D eigenvalue weighted by atomic mass is 10.0. The molecule has 0 amide bonds. The van der Waals surface area contributed by atoms with E-state index in [-0.39, 0.29) is 26.1 Å². The Morgan fingerprint density at radius 1 is 0.408 bits per heavy atom. The predicted octanol–water partition coefficient (Wildman–Crippen LogP) is 18.5. The van der Waals surface area contributed by atoms with Crippen LogP contribution in [0.2, 0.25) is 0 Å². The van der Waals surface area contributed by atoms with Crippen molar-refractivity contribution in [3.05, 3.63) is 158 Å². The number of esters is 2. The Morgan fingerprint density at radius 3 is 1.11 bits per heavy atom. The lowest BCUT2D eigenvalue weighted by Crippen LogP contribution is -2.37. The summed E-state index contributed by atoms with van der Waals surface area (Å²) in [5.74, 6) is -0.912. The van der Waals surface area contributed by atoms with Gasteiger partial charge in [0.05, 0.1) is 27.7 Å². The van der Waals surface area contributed by atoms with Gasteiger partial charge < -0.3 is 18.9 Å². The lowest BCUT2D eigenvalue weighted by Gasteiger charge is -2.24. The minimum absolute atomic E-state index is 0.0110. The normalized spacial score (nSPS) is 14.4. The van der Waals surface area contributed by atoms with E-state index in [1.807, 2.05) is 33.3 Å². The molecule has 0 aromatic rings. The summed E-state index contributed by atoms with van der Waals surface area (Å²) >= 11 is 0. The molecule has 0 aliphatic rings. The van der Waals surface area contributed by atoms with Crippen molar-refractivity contribution < 1.29 is 42.1 Å². The van der Waals surface area contributed by atoms with Gasteiger partial charge in [-0.25, -0.2) is 4.57 Å². The van der Waals surface area contributed by atoms with Crippen molar-refractivity contribution in [1.82, 2.24) is 0 Å². The van der Waals surface area contributed by atoms with Gasteiger partial charge in [0.15, 0.2) is 6.10 Å². The van der Waals surface area contributed by atoms with E-state index < -0.39 is 32.5 Å². The molecule has 0 rings (SSSR count). The smallest absolute Gasteiger partial charge is 0.462 e. The van der Waals surface area contributed by atoms with E-state index in [9.17, 15) is 19.0 Å². The molecule has 0 aliphatic heterocycles. The van der Waals surface area contributed by atoms with Gasteiger partial charge in [0.2, 0.25) is 0 Å². The summed E-state index contributed by atoms with van der Waals surface area (Å²) in [6.45, 7) is 4.09. The lowest BCUT2D eigenvalue weighted by molar-refractivity contribution is -0.870. The van der Waals surface area contributed by atoms with Crippen LogP contribution in [0.3, 0.4) is 0 Å². The van der Waals surface area contributed by atoms with Crippen molar-refractivity contribution in [1.29, 1.82) is 0 Å². The van der Waals surface area contributed by atoms with Gasteiger partial charge in [-0.05, 0) is 109 Å². The second-order valence-electron chi connectivity index (χ2n) is 19.9. The highest BCUT2D eigenvalue weighted by Gasteiger charge is 2.27. The third-order valence-corrected chi connectivity index (χ3v) is 12.6. The molecule has 0 saturated carbocycles.